The molecule has 0 aliphatic rings. The third kappa shape index (κ3) is 9.93. The van der Waals surface area contributed by atoms with Crippen molar-refractivity contribution in [2.75, 3.05) is 0 Å². The van der Waals surface area contributed by atoms with E-state index in [0.29, 0.717) is 34.9 Å². The zero-order valence-corrected chi connectivity index (χ0v) is 50.2. The molecule has 0 aliphatic carbocycles. The van der Waals surface area contributed by atoms with Gasteiger partial charge in [0.15, 0.2) is 34.9 Å². The van der Waals surface area contributed by atoms with Gasteiger partial charge in [0.1, 0.15) is 0 Å². The van der Waals surface area contributed by atoms with Crippen molar-refractivity contribution in [3.05, 3.63) is 229 Å². The molecule has 84 heavy (non-hydrogen) atoms. The summed E-state index contributed by atoms with van der Waals surface area (Å²) in [6.07, 6.45) is 0. The molecule has 0 atom stereocenters. The molecule has 0 spiro atoms. The number of fused-ring (bicyclic) bond motifs is 6. The molecule has 9 aromatic carbocycles. The van der Waals surface area contributed by atoms with Crippen LogP contribution in [0.2, 0.25) is 0 Å². The summed E-state index contributed by atoms with van der Waals surface area (Å²) in [6, 6.07) is 73.6. The molecule has 0 radical (unpaired) electrons. The molecule has 8 nitrogen and oxygen atoms in total. The number of hydrogen-bond acceptors (Lipinski definition) is 6. The first-order valence-electron chi connectivity index (χ1n) is 29.3. The van der Waals surface area contributed by atoms with E-state index in [1.54, 1.807) is 0 Å². The van der Waals surface area contributed by atoms with Gasteiger partial charge in [-0.25, -0.2) is 29.9 Å². The maximum atomic E-state index is 5.72. The first kappa shape index (κ1) is 53.9. The standard InChI is InChI=1S/C76H70N8/c1-73(2,3)52-38-50(39-53(43-52)74(4,5)6)70-80-71(51-40-54(75(7,8)9)44-55(41-51)76(10,11)12)82-72(81-70)61-42-49(69-78-67(47-26-16-13-17-27-47)77-68(79-69)48-28-18-14-19-29-48)36-37-64(61)84-63-35-25-23-33-58(63)60-45-59-57-32-22-24-34-62(57)83(65(59)46-66(60)84)56-30-20-15-21-31-56/h13-46H,1-12H3. The van der Waals surface area contributed by atoms with Gasteiger partial charge in [-0.3, -0.25) is 0 Å². The molecule has 13 rings (SSSR count). The zero-order chi connectivity index (χ0) is 58.5. The molecule has 0 fully saturated rings. The van der Waals surface area contributed by atoms with Crippen molar-refractivity contribution in [2.24, 2.45) is 0 Å². The van der Waals surface area contributed by atoms with Crippen molar-refractivity contribution in [3.63, 3.8) is 0 Å². The minimum atomic E-state index is -0.158. The second-order valence-corrected chi connectivity index (χ2v) is 26.6. The summed E-state index contributed by atoms with van der Waals surface area (Å²) in [5.74, 6) is 3.40. The van der Waals surface area contributed by atoms with Crippen molar-refractivity contribution in [3.8, 4) is 79.7 Å². The smallest absolute Gasteiger partial charge is 0.166 e. The van der Waals surface area contributed by atoms with E-state index in [9.17, 15) is 0 Å². The first-order valence-corrected chi connectivity index (χ1v) is 29.3. The normalized spacial score (nSPS) is 12.5. The summed E-state index contributed by atoms with van der Waals surface area (Å²) in [5, 5.41) is 4.66. The molecule has 414 valence electrons. The van der Waals surface area contributed by atoms with E-state index in [1.807, 2.05) is 60.7 Å². The van der Waals surface area contributed by atoms with Crippen molar-refractivity contribution in [2.45, 2.75) is 105 Å². The van der Waals surface area contributed by atoms with Gasteiger partial charge < -0.3 is 9.13 Å². The molecule has 4 heterocycles. The van der Waals surface area contributed by atoms with Crippen LogP contribution in [-0.4, -0.2) is 39.0 Å². The van der Waals surface area contributed by atoms with Crippen molar-refractivity contribution < 1.29 is 0 Å². The fraction of sp³-hybridized carbons (Fsp3) is 0.211. The molecule has 0 unspecified atom stereocenters. The monoisotopic (exact) mass is 1090 g/mol. The molecule has 13 aromatic rings. The van der Waals surface area contributed by atoms with Gasteiger partial charge >= 0.3 is 0 Å². The van der Waals surface area contributed by atoms with Gasteiger partial charge in [-0.05, 0) is 123 Å². The number of aromatic nitrogens is 8. The van der Waals surface area contributed by atoms with Gasteiger partial charge in [0.05, 0.1) is 27.8 Å². The third-order valence-corrected chi connectivity index (χ3v) is 16.4. The highest BCUT2D eigenvalue weighted by Crippen LogP contribution is 2.44. The summed E-state index contributed by atoms with van der Waals surface area (Å²) in [4.78, 5) is 32.7. The third-order valence-electron chi connectivity index (χ3n) is 16.4. The Labute approximate surface area is 493 Å². The second-order valence-electron chi connectivity index (χ2n) is 26.6. The molecule has 0 bridgehead atoms. The number of rotatable bonds is 8. The van der Waals surface area contributed by atoms with Crippen LogP contribution in [-0.2, 0) is 21.7 Å². The number of benzene rings is 9. The van der Waals surface area contributed by atoms with E-state index in [-0.39, 0.29) is 21.7 Å². The molecular weight excluding hydrogens is 1020 g/mol. The molecule has 0 amide bonds. The largest absolute Gasteiger partial charge is 0.309 e. The average Bonchev–Trinajstić information content (AvgIpc) is 1.79. The van der Waals surface area contributed by atoms with E-state index < -0.39 is 0 Å². The van der Waals surface area contributed by atoms with Crippen LogP contribution >= 0.6 is 0 Å². The SMILES string of the molecule is CC(C)(C)c1cc(-c2nc(-c3cc(C(C)(C)C)cc(C(C)(C)C)c3)nc(-c3cc(-c4nc(-c5ccccc5)nc(-c5ccccc5)n4)ccc3-n3c4ccccc4c4cc5c6ccccc6n(-c6ccccc6)c5cc43)n2)cc(C(C)(C)C)c1. The fourth-order valence-corrected chi connectivity index (χ4v) is 11.5. The fourth-order valence-electron chi connectivity index (χ4n) is 11.5. The molecule has 0 saturated heterocycles. The van der Waals surface area contributed by atoms with Gasteiger partial charge in [-0.2, -0.15) is 0 Å². The Hall–Kier alpha value is -9.40. The van der Waals surface area contributed by atoms with Crippen LogP contribution in [0.4, 0.5) is 0 Å². The Morgan fingerprint density at radius 3 is 1.05 bits per heavy atom. The minimum Gasteiger partial charge on any atom is -0.309 e. The van der Waals surface area contributed by atoms with Gasteiger partial charge in [0.25, 0.3) is 0 Å². The van der Waals surface area contributed by atoms with Crippen LogP contribution in [0.3, 0.4) is 0 Å². The van der Waals surface area contributed by atoms with Crippen LogP contribution in [0, 0.1) is 0 Å². The predicted molar refractivity (Wildman–Crippen MR) is 349 cm³/mol. The van der Waals surface area contributed by atoms with Crippen molar-refractivity contribution >= 4 is 43.6 Å². The second kappa shape index (κ2) is 20.2. The van der Waals surface area contributed by atoms with E-state index in [1.165, 1.54) is 33.0 Å². The maximum Gasteiger partial charge on any atom is 0.166 e. The van der Waals surface area contributed by atoms with E-state index in [2.05, 4.69) is 238 Å². The van der Waals surface area contributed by atoms with E-state index in [0.717, 1.165) is 77.6 Å². The summed E-state index contributed by atoms with van der Waals surface area (Å²) in [5.41, 5.74) is 15.8. The van der Waals surface area contributed by atoms with E-state index >= 15 is 0 Å². The molecule has 0 aliphatic heterocycles. The lowest BCUT2D eigenvalue weighted by molar-refractivity contribution is 0.568. The van der Waals surface area contributed by atoms with Crippen molar-refractivity contribution in [1.29, 1.82) is 0 Å². The first-order chi connectivity index (χ1) is 40.1. The Balaban J connectivity index is 1.16. The quantitative estimate of drug-likeness (QED) is 0.151. The molecular formula is C76H70N8. The Kier molecular flexibility index (Phi) is 13.0. The van der Waals surface area contributed by atoms with Gasteiger partial charge in [-0.15, -0.1) is 0 Å². The van der Waals surface area contributed by atoms with Gasteiger partial charge in [0, 0.05) is 60.6 Å². The highest BCUT2D eigenvalue weighted by Gasteiger charge is 2.28. The summed E-state index contributed by atoms with van der Waals surface area (Å²) >= 11 is 0. The van der Waals surface area contributed by atoms with Gasteiger partial charge in [0.2, 0.25) is 0 Å². The highest BCUT2D eigenvalue weighted by molar-refractivity contribution is 6.19. The number of nitrogens with zero attached hydrogens (tertiary/aromatic N) is 8. The van der Waals surface area contributed by atoms with Crippen LogP contribution in [0.1, 0.15) is 105 Å². The summed E-state index contributed by atoms with van der Waals surface area (Å²) in [6.45, 7) is 27.3. The lowest BCUT2D eigenvalue weighted by Gasteiger charge is -2.26. The van der Waals surface area contributed by atoms with Crippen LogP contribution in [0.25, 0.3) is 123 Å². The molecule has 0 N–H and O–H groups in total. The predicted octanol–water partition coefficient (Wildman–Crippen LogP) is 19.4. The lowest BCUT2D eigenvalue weighted by Crippen LogP contribution is -2.17. The van der Waals surface area contributed by atoms with Crippen LogP contribution < -0.4 is 0 Å². The lowest BCUT2D eigenvalue weighted by atomic mass is 9.79. The maximum absolute atomic E-state index is 5.72. The molecule has 4 aromatic heterocycles. The Morgan fingerprint density at radius 1 is 0.250 bits per heavy atom. The minimum absolute atomic E-state index is 0.158. The van der Waals surface area contributed by atoms with Gasteiger partial charge in [-0.1, -0.05) is 210 Å². The number of hydrogen-bond donors (Lipinski definition) is 0. The molecule has 8 heteroatoms. The Morgan fingerprint density at radius 2 is 0.607 bits per heavy atom. The van der Waals surface area contributed by atoms with Crippen molar-refractivity contribution in [1.82, 2.24) is 39.0 Å². The average molecular weight is 1100 g/mol. The summed E-state index contributed by atoms with van der Waals surface area (Å²) < 4.78 is 4.80. The zero-order valence-electron chi connectivity index (χ0n) is 50.2. The Bertz CT molecular complexity index is 4460. The summed E-state index contributed by atoms with van der Waals surface area (Å²) in [7, 11) is 0. The topological polar surface area (TPSA) is 87.2 Å². The number of para-hydroxylation sites is 3. The van der Waals surface area contributed by atoms with Crippen LogP contribution in [0.15, 0.2) is 206 Å². The highest BCUT2D eigenvalue weighted by atomic mass is 15.1. The molecule has 0 saturated carbocycles. The van der Waals surface area contributed by atoms with E-state index in [4.69, 9.17) is 29.9 Å². The van der Waals surface area contributed by atoms with Crippen LogP contribution in [0.5, 0.6) is 0 Å².